The summed E-state index contributed by atoms with van der Waals surface area (Å²) in [6.45, 7) is 5.92. The van der Waals surface area contributed by atoms with Crippen LogP contribution in [0.2, 0.25) is 0 Å². The topological polar surface area (TPSA) is 61.0 Å². The molecule has 0 saturated heterocycles. The van der Waals surface area contributed by atoms with E-state index in [1.54, 1.807) is 10.7 Å². The fourth-order valence-corrected chi connectivity index (χ4v) is 2.16. The number of benzene rings is 1. The molecule has 1 aromatic carbocycles. The first kappa shape index (κ1) is 13.3. The van der Waals surface area contributed by atoms with E-state index in [-0.39, 0.29) is 10.6 Å². The van der Waals surface area contributed by atoms with Gasteiger partial charge in [0.15, 0.2) is 0 Å². The number of nitro groups is 1. The van der Waals surface area contributed by atoms with Crippen molar-refractivity contribution in [3.8, 4) is 5.69 Å². The standard InChI is InChI=1S/C14H17N3O2/c1-4-11-9-12(5-2)16(15-11)14-10(3)7-6-8-13(14)17(18)19/h6-9H,4-5H2,1-3H3. The van der Waals surface area contributed by atoms with Crippen LogP contribution in [0.5, 0.6) is 0 Å². The minimum atomic E-state index is -0.352. The van der Waals surface area contributed by atoms with E-state index in [1.165, 1.54) is 6.07 Å². The van der Waals surface area contributed by atoms with Crippen molar-refractivity contribution in [2.24, 2.45) is 0 Å². The molecule has 5 nitrogen and oxygen atoms in total. The van der Waals surface area contributed by atoms with Gasteiger partial charge in [-0.25, -0.2) is 4.68 Å². The van der Waals surface area contributed by atoms with E-state index in [2.05, 4.69) is 5.10 Å². The quantitative estimate of drug-likeness (QED) is 0.625. The molecular weight excluding hydrogens is 242 g/mol. The lowest BCUT2D eigenvalue weighted by molar-refractivity contribution is -0.384. The molecule has 0 aliphatic rings. The van der Waals surface area contributed by atoms with E-state index >= 15 is 0 Å². The number of para-hydroxylation sites is 1. The molecule has 0 saturated carbocycles. The molecule has 0 radical (unpaired) electrons. The first-order chi connectivity index (χ1) is 9.08. The molecule has 0 atom stereocenters. The lowest BCUT2D eigenvalue weighted by atomic mass is 10.1. The molecule has 100 valence electrons. The third-order valence-corrected chi connectivity index (χ3v) is 3.18. The summed E-state index contributed by atoms with van der Waals surface area (Å²) in [6, 6.07) is 7.10. The van der Waals surface area contributed by atoms with E-state index in [4.69, 9.17) is 0 Å². The number of aromatic nitrogens is 2. The van der Waals surface area contributed by atoms with Crippen LogP contribution in [0.15, 0.2) is 24.3 Å². The van der Waals surface area contributed by atoms with Crippen molar-refractivity contribution in [1.29, 1.82) is 0 Å². The van der Waals surface area contributed by atoms with Crippen LogP contribution in [0.3, 0.4) is 0 Å². The fraction of sp³-hybridized carbons (Fsp3) is 0.357. The lowest BCUT2D eigenvalue weighted by Crippen LogP contribution is -2.07. The minimum absolute atomic E-state index is 0.0976. The molecule has 5 heteroatoms. The molecule has 19 heavy (non-hydrogen) atoms. The van der Waals surface area contributed by atoms with E-state index in [0.29, 0.717) is 5.69 Å². The van der Waals surface area contributed by atoms with Gasteiger partial charge in [-0.3, -0.25) is 10.1 Å². The molecule has 0 amide bonds. The van der Waals surface area contributed by atoms with Crippen molar-refractivity contribution in [2.75, 3.05) is 0 Å². The number of hydrogen-bond acceptors (Lipinski definition) is 3. The summed E-state index contributed by atoms with van der Waals surface area (Å²) in [4.78, 5) is 10.8. The van der Waals surface area contributed by atoms with Gasteiger partial charge in [0.25, 0.3) is 5.69 Å². The third kappa shape index (κ3) is 2.36. The van der Waals surface area contributed by atoms with Crippen molar-refractivity contribution >= 4 is 5.69 Å². The highest BCUT2D eigenvalue weighted by Gasteiger charge is 2.20. The maximum atomic E-state index is 11.2. The zero-order chi connectivity index (χ0) is 14.0. The van der Waals surface area contributed by atoms with Crippen molar-refractivity contribution in [3.63, 3.8) is 0 Å². The number of nitro benzene ring substituents is 1. The van der Waals surface area contributed by atoms with Crippen LogP contribution in [0, 0.1) is 17.0 Å². The van der Waals surface area contributed by atoms with Crippen molar-refractivity contribution in [3.05, 3.63) is 51.3 Å². The predicted molar refractivity (Wildman–Crippen MR) is 73.7 cm³/mol. The first-order valence-corrected chi connectivity index (χ1v) is 6.40. The SMILES string of the molecule is CCc1cc(CC)n(-c2c(C)cccc2[N+](=O)[O-])n1. The average Bonchev–Trinajstić information content (AvgIpc) is 2.81. The smallest absolute Gasteiger partial charge is 0.258 e. The zero-order valence-electron chi connectivity index (χ0n) is 11.4. The summed E-state index contributed by atoms with van der Waals surface area (Å²) in [5, 5.41) is 15.7. The van der Waals surface area contributed by atoms with E-state index in [9.17, 15) is 10.1 Å². The molecule has 0 bridgehead atoms. The zero-order valence-corrected chi connectivity index (χ0v) is 11.4. The van der Waals surface area contributed by atoms with Crippen LogP contribution in [0.1, 0.15) is 30.8 Å². The van der Waals surface area contributed by atoms with Crippen LogP contribution >= 0.6 is 0 Å². The van der Waals surface area contributed by atoms with E-state index in [0.717, 1.165) is 29.8 Å². The Morgan fingerprint density at radius 1 is 1.32 bits per heavy atom. The van der Waals surface area contributed by atoms with Gasteiger partial charge in [-0.15, -0.1) is 0 Å². The number of aryl methyl sites for hydroxylation is 3. The molecular formula is C14H17N3O2. The minimum Gasteiger partial charge on any atom is -0.258 e. The van der Waals surface area contributed by atoms with Crippen LogP contribution in [0.25, 0.3) is 5.69 Å². The normalized spacial score (nSPS) is 10.7. The Hall–Kier alpha value is -2.17. The highest BCUT2D eigenvalue weighted by Crippen LogP contribution is 2.27. The molecule has 0 aliphatic carbocycles. The number of nitrogens with zero attached hydrogens (tertiary/aromatic N) is 3. The van der Waals surface area contributed by atoms with Gasteiger partial charge < -0.3 is 0 Å². The highest BCUT2D eigenvalue weighted by atomic mass is 16.6. The maximum Gasteiger partial charge on any atom is 0.295 e. The molecule has 0 unspecified atom stereocenters. The van der Waals surface area contributed by atoms with Crippen LogP contribution in [-0.4, -0.2) is 14.7 Å². The Balaban J connectivity index is 2.70. The summed E-state index contributed by atoms with van der Waals surface area (Å²) >= 11 is 0. The van der Waals surface area contributed by atoms with Gasteiger partial charge in [-0.2, -0.15) is 5.10 Å². The second-order valence-corrected chi connectivity index (χ2v) is 4.45. The summed E-state index contributed by atoms with van der Waals surface area (Å²) < 4.78 is 1.71. The van der Waals surface area contributed by atoms with Gasteiger partial charge in [0, 0.05) is 11.8 Å². The van der Waals surface area contributed by atoms with Gasteiger partial charge in [0.2, 0.25) is 0 Å². The van der Waals surface area contributed by atoms with Gasteiger partial charge in [0.05, 0.1) is 10.6 Å². The monoisotopic (exact) mass is 259 g/mol. The largest absolute Gasteiger partial charge is 0.295 e. The summed E-state index contributed by atoms with van der Waals surface area (Å²) in [7, 11) is 0. The first-order valence-electron chi connectivity index (χ1n) is 6.40. The van der Waals surface area contributed by atoms with E-state index in [1.807, 2.05) is 32.9 Å². The van der Waals surface area contributed by atoms with E-state index < -0.39 is 0 Å². The molecule has 1 heterocycles. The Labute approximate surface area is 112 Å². The van der Waals surface area contributed by atoms with Crippen LogP contribution in [0.4, 0.5) is 5.69 Å². The third-order valence-electron chi connectivity index (χ3n) is 3.18. The lowest BCUT2D eigenvalue weighted by Gasteiger charge is -2.09. The molecule has 0 spiro atoms. The number of rotatable bonds is 4. The molecule has 2 aromatic rings. The number of hydrogen-bond donors (Lipinski definition) is 0. The Kier molecular flexibility index (Phi) is 3.64. The van der Waals surface area contributed by atoms with Gasteiger partial charge in [0.1, 0.15) is 5.69 Å². The van der Waals surface area contributed by atoms with Crippen molar-refractivity contribution in [1.82, 2.24) is 9.78 Å². The van der Waals surface area contributed by atoms with Gasteiger partial charge >= 0.3 is 0 Å². The molecule has 1 aromatic heterocycles. The molecule has 0 aliphatic heterocycles. The second-order valence-electron chi connectivity index (χ2n) is 4.45. The van der Waals surface area contributed by atoms with Crippen LogP contribution in [-0.2, 0) is 12.8 Å². The Morgan fingerprint density at radius 3 is 2.63 bits per heavy atom. The fourth-order valence-electron chi connectivity index (χ4n) is 2.16. The summed E-state index contributed by atoms with van der Waals surface area (Å²) in [5.41, 5.74) is 3.47. The van der Waals surface area contributed by atoms with Crippen molar-refractivity contribution < 1.29 is 4.92 Å². The van der Waals surface area contributed by atoms with Gasteiger partial charge in [-0.05, 0) is 31.4 Å². The van der Waals surface area contributed by atoms with Crippen molar-refractivity contribution in [2.45, 2.75) is 33.6 Å². The Morgan fingerprint density at radius 2 is 2.05 bits per heavy atom. The maximum absolute atomic E-state index is 11.2. The second kappa shape index (κ2) is 5.22. The highest BCUT2D eigenvalue weighted by molar-refractivity contribution is 5.57. The summed E-state index contributed by atoms with van der Waals surface area (Å²) in [6.07, 6.45) is 1.61. The summed E-state index contributed by atoms with van der Waals surface area (Å²) in [5.74, 6) is 0. The Bertz CT molecular complexity index is 617. The molecule has 0 fully saturated rings. The average molecular weight is 259 g/mol. The molecule has 2 rings (SSSR count). The van der Waals surface area contributed by atoms with Gasteiger partial charge in [-0.1, -0.05) is 26.0 Å². The predicted octanol–water partition coefficient (Wildman–Crippen LogP) is 3.21. The molecule has 0 N–H and O–H groups in total. The van der Waals surface area contributed by atoms with Crippen LogP contribution < -0.4 is 0 Å².